The van der Waals surface area contributed by atoms with Crippen LogP contribution in [-0.2, 0) is 0 Å². The number of aliphatic hydroxyl groups is 1. The molecule has 3 N–H and O–H groups in total. The van der Waals surface area contributed by atoms with E-state index in [2.05, 4.69) is 10.6 Å². The van der Waals surface area contributed by atoms with Gasteiger partial charge in [0.05, 0.1) is 16.8 Å². The van der Waals surface area contributed by atoms with Gasteiger partial charge in [0.2, 0.25) is 0 Å². The van der Waals surface area contributed by atoms with E-state index in [4.69, 9.17) is 23.2 Å². The fraction of sp³-hybridized carbons (Fsp3) is 0.133. The van der Waals surface area contributed by atoms with Crippen molar-refractivity contribution >= 4 is 34.9 Å². The average Bonchev–Trinajstić information content (AvgIpc) is 2.49. The lowest BCUT2D eigenvalue weighted by molar-refractivity contribution is 0.175. The maximum absolute atomic E-state index is 13.1. The molecule has 1 atom stereocenters. The standard InChI is InChI=1S/C15H13Cl2FN2O2/c16-11-4-2-1-3-10(11)14(21)8-19-15(22)20-13-7-9(18)5-6-12(13)17/h1-7,14,21H,8H2,(H2,19,20,22). The molecule has 2 aromatic rings. The van der Waals surface area contributed by atoms with Crippen molar-refractivity contribution in [3.63, 3.8) is 0 Å². The van der Waals surface area contributed by atoms with Gasteiger partial charge in [0.15, 0.2) is 0 Å². The summed E-state index contributed by atoms with van der Waals surface area (Å²) < 4.78 is 13.1. The molecule has 0 bridgehead atoms. The predicted molar refractivity (Wildman–Crippen MR) is 84.8 cm³/mol. The zero-order valence-corrected chi connectivity index (χ0v) is 12.8. The first-order chi connectivity index (χ1) is 10.5. The lowest BCUT2D eigenvalue weighted by Gasteiger charge is -2.14. The summed E-state index contributed by atoms with van der Waals surface area (Å²) in [7, 11) is 0. The van der Waals surface area contributed by atoms with Crippen molar-refractivity contribution in [1.29, 1.82) is 0 Å². The SMILES string of the molecule is O=C(NCC(O)c1ccccc1Cl)Nc1cc(F)ccc1Cl. The minimum atomic E-state index is -0.956. The number of carbonyl (C=O) groups is 1. The van der Waals surface area contributed by atoms with Crippen LogP contribution in [0.5, 0.6) is 0 Å². The quantitative estimate of drug-likeness (QED) is 0.786. The zero-order valence-electron chi connectivity index (χ0n) is 11.3. The Kier molecular flexibility index (Phi) is 5.60. The minimum absolute atomic E-state index is 0.0531. The van der Waals surface area contributed by atoms with E-state index in [-0.39, 0.29) is 17.3 Å². The number of hydrogen-bond donors (Lipinski definition) is 3. The summed E-state index contributed by atoms with van der Waals surface area (Å²) in [4.78, 5) is 11.7. The number of halogens is 3. The molecule has 0 saturated carbocycles. The van der Waals surface area contributed by atoms with Crippen LogP contribution in [0.25, 0.3) is 0 Å². The van der Waals surface area contributed by atoms with Gasteiger partial charge in [0, 0.05) is 17.1 Å². The molecule has 0 aliphatic rings. The first kappa shape index (κ1) is 16.5. The van der Waals surface area contributed by atoms with E-state index >= 15 is 0 Å². The molecule has 116 valence electrons. The van der Waals surface area contributed by atoms with Gasteiger partial charge in [-0.05, 0) is 24.3 Å². The minimum Gasteiger partial charge on any atom is -0.387 e. The van der Waals surface area contributed by atoms with Gasteiger partial charge in [0.25, 0.3) is 0 Å². The van der Waals surface area contributed by atoms with E-state index in [1.165, 1.54) is 12.1 Å². The van der Waals surface area contributed by atoms with Crippen molar-refractivity contribution in [1.82, 2.24) is 5.32 Å². The Bertz CT molecular complexity index is 682. The molecule has 22 heavy (non-hydrogen) atoms. The van der Waals surface area contributed by atoms with Crippen molar-refractivity contribution < 1.29 is 14.3 Å². The van der Waals surface area contributed by atoms with Crippen LogP contribution in [-0.4, -0.2) is 17.7 Å². The van der Waals surface area contributed by atoms with Crippen LogP contribution >= 0.6 is 23.2 Å². The molecule has 0 radical (unpaired) electrons. The molecule has 7 heteroatoms. The van der Waals surface area contributed by atoms with Crippen LogP contribution in [0.4, 0.5) is 14.9 Å². The summed E-state index contributed by atoms with van der Waals surface area (Å²) in [6, 6.07) is 9.80. The second kappa shape index (κ2) is 7.45. The maximum Gasteiger partial charge on any atom is 0.319 e. The average molecular weight is 343 g/mol. The van der Waals surface area contributed by atoms with Crippen molar-refractivity contribution in [3.8, 4) is 0 Å². The lowest BCUT2D eigenvalue weighted by Crippen LogP contribution is -2.32. The van der Waals surface area contributed by atoms with Crippen LogP contribution in [0.1, 0.15) is 11.7 Å². The molecule has 0 aromatic heterocycles. The summed E-state index contributed by atoms with van der Waals surface area (Å²) in [6.45, 7) is -0.0531. The van der Waals surface area contributed by atoms with Gasteiger partial charge in [0.1, 0.15) is 5.82 Å². The number of benzene rings is 2. The van der Waals surface area contributed by atoms with E-state index in [0.717, 1.165) is 6.07 Å². The third-order valence-corrected chi connectivity index (χ3v) is 3.57. The van der Waals surface area contributed by atoms with Crippen LogP contribution < -0.4 is 10.6 Å². The lowest BCUT2D eigenvalue weighted by atomic mass is 10.1. The molecule has 2 aromatic carbocycles. The highest BCUT2D eigenvalue weighted by molar-refractivity contribution is 6.33. The number of amides is 2. The van der Waals surface area contributed by atoms with Crippen molar-refractivity contribution in [2.24, 2.45) is 0 Å². The molecule has 0 spiro atoms. The summed E-state index contributed by atoms with van der Waals surface area (Å²) in [5.41, 5.74) is 0.652. The van der Waals surface area contributed by atoms with E-state index in [1.807, 2.05) is 0 Å². The maximum atomic E-state index is 13.1. The van der Waals surface area contributed by atoms with Crippen LogP contribution in [0.15, 0.2) is 42.5 Å². The van der Waals surface area contributed by atoms with E-state index in [0.29, 0.717) is 10.6 Å². The highest BCUT2D eigenvalue weighted by atomic mass is 35.5. The number of rotatable bonds is 4. The van der Waals surface area contributed by atoms with Gasteiger partial charge in [-0.3, -0.25) is 0 Å². The first-order valence-corrected chi connectivity index (χ1v) is 7.15. The van der Waals surface area contributed by atoms with Crippen molar-refractivity contribution in [2.75, 3.05) is 11.9 Å². The smallest absolute Gasteiger partial charge is 0.319 e. The molecular formula is C15H13Cl2FN2O2. The first-order valence-electron chi connectivity index (χ1n) is 6.40. The van der Waals surface area contributed by atoms with Gasteiger partial charge in [-0.2, -0.15) is 0 Å². The van der Waals surface area contributed by atoms with E-state index in [1.54, 1.807) is 24.3 Å². The van der Waals surface area contributed by atoms with Crippen LogP contribution in [0.2, 0.25) is 10.0 Å². The summed E-state index contributed by atoms with van der Waals surface area (Å²) >= 11 is 11.8. The highest BCUT2D eigenvalue weighted by Gasteiger charge is 2.13. The summed E-state index contributed by atoms with van der Waals surface area (Å²) in [5.74, 6) is -0.518. The monoisotopic (exact) mass is 342 g/mol. The number of anilines is 1. The van der Waals surface area contributed by atoms with Gasteiger partial charge >= 0.3 is 6.03 Å². The Morgan fingerprint density at radius 1 is 1.18 bits per heavy atom. The van der Waals surface area contributed by atoms with Crippen molar-refractivity contribution in [3.05, 3.63) is 63.9 Å². The van der Waals surface area contributed by atoms with Gasteiger partial charge < -0.3 is 15.7 Å². The van der Waals surface area contributed by atoms with Crippen molar-refractivity contribution in [2.45, 2.75) is 6.10 Å². The molecule has 0 aliphatic heterocycles. The largest absolute Gasteiger partial charge is 0.387 e. The zero-order chi connectivity index (χ0) is 16.1. The third-order valence-electron chi connectivity index (χ3n) is 2.90. The Morgan fingerprint density at radius 2 is 1.91 bits per heavy atom. The Labute approximate surface area is 136 Å². The fourth-order valence-electron chi connectivity index (χ4n) is 1.80. The van der Waals surface area contributed by atoms with Gasteiger partial charge in [-0.15, -0.1) is 0 Å². The second-order valence-electron chi connectivity index (χ2n) is 4.50. The van der Waals surface area contributed by atoms with Gasteiger partial charge in [-0.25, -0.2) is 9.18 Å². The molecule has 1 unspecified atom stereocenters. The molecule has 0 saturated heterocycles. The molecule has 0 heterocycles. The Morgan fingerprint density at radius 3 is 2.64 bits per heavy atom. The molecule has 4 nitrogen and oxygen atoms in total. The molecular weight excluding hydrogens is 330 g/mol. The van der Waals surface area contributed by atoms with E-state index in [9.17, 15) is 14.3 Å². The van der Waals surface area contributed by atoms with E-state index < -0.39 is 18.0 Å². The molecule has 2 rings (SSSR count). The number of carbonyl (C=O) groups excluding carboxylic acids is 1. The molecule has 2 amide bonds. The molecule has 0 aliphatic carbocycles. The van der Waals surface area contributed by atoms with Crippen LogP contribution in [0.3, 0.4) is 0 Å². The molecule has 0 fully saturated rings. The fourth-order valence-corrected chi connectivity index (χ4v) is 2.23. The number of aliphatic hydroxyl groups excluding tert-OH is 1. The summed E-state index contributed by atoms with van der Waals surface area (Å²) in [6.07, 6.45) is -0.956. The number of urea groups is 1. The second-order valence-corrected chi connectivity index (χ2v) is 5.31. The summed E-state index contributed by atoms with van der Waals surface area (Å²) in [5, 5.41) is 15.5. The normalized spacial score (nSPS) is 11.8. The highest BCUT2D eigenvalue weighted by Crippen LogP contribution is 2.23. The number of nitrogens with one attached hydrogen (secondary N) is 2. The Balaban J connectivity index is 1.93. The van der Waals surface area contributed by atoms with Gasteiger partial charge in [-0.1, -0.05) is 41.4 Å². The third kappa shape index (κ3) is 4.34. The number of hydrogen-bond acceptors (Lipinski definition) is 2. The Hall–Kier alpha value is -1.82. The van der Waals surface area contributed by atoms with Crippen LogP contribution in [0, 0.1) is 5.82 Å². The topological polar surface area (TPSA) is 61.4 Å². The predicted octanol–water partition coefficient (Wildman–Crippen LogP) is 3.99.